The van der Waals surface area contributed by atoms with Gasteiger partial charge in [0, 0.05) is 30.8 Å². The van der Waals surface area contributed by atoms with E-state index in [2.05, 4.69) is 20.2 Å². The van der Waals surface area contributed by atoms with Gasteiger partial charge in [-0.1, -0.05) is 13.5 Å². The van der Waals surface area contributed by atoms with E-state index in [4.69, 9.17) is 4.74 Å². The van der Waals surface area contributed by atoms with Gasteiger partial charge in [-0.3, -0.25) is 18.9 Å². The van der Waals surface area contributed by atoms with Crippen molar-refractivity contribution in [3.8, 4) is 0 Å². The van der Waals surface area contributed by atoms with Crippen LogP contribution < -0.4 is 10.5 Å². The number of carbonyl (C=O) groups excluding carboxylic acids is 1. The molecule has 9 heteroatoms. The highest BCUT2D eigenvalue weighted by atomic mass is 16.5. The summed E-state index contributed by atoms with van der Waals surface area (Å²) < 4.78 is 7.45. The van der Waals surface area contributed by atoms with E-state index >= 15 is 0 Å². The average molecular weight is 447 g/mol. The third kappa shape index (κ3) is 3.31. The highest BCUT2D eigenvalue weighted by Crippen LogP contribution is 2.30. The molecule has 2 aliphatic heterocycles. The second kappa shape index (κ2) is 8.08. The number of ether oxygens (including phenoxy) is 1. The van der Waals surface area contributed by atoms with Gasteiger partial charge in [0.1, 0.15) is 11.6 Å². The zero-order valence-electron chi connectivity index (χ0n) is 17.7. The number of nitrogens with zero attached hydrogens (tertiary/aromatic N) is 5. The molecule has 0 radical (unpaired) electrons. The number of amides is 1. The van der Waals surface area contributed by atoms with Crippen LogP contribution in [-0.4, -0.2) is 50.2 Å². The van der Waals surface area contributed by atoms with Gasteiger partial charge in [0.25, 0.3) is 11.5 Å². The summed E-state index contributed by atoms with van der Waals surface area (Å²) in [7, 11) is 0. The number of hydrogen-bond donors (Lipinski definition) is 1. The zero-order valence-corrected chi connectivity index (χ0v) is 17.7. The van der Waals surface area contributed by atoms with Gasteiger partial charge in [-0.25, -0.2) is 4.98 Å². The number of hydrogen-bond acceptors (Lipinski definition) is 6. The van der Waals surface area contributed by atoms with Crippen LogP contribution in [0.25, 0.3) is 16.7 Å². The summed E-state index contributed by atoms with van der Waals surface area (Å²) >= 11 is 0. The van der Waals surface area contributed by atoms with E-state index in [0.717, 1.165) is 48.3 Å². The molecule has 2 aliphatic rings. The first-order valence-corrected chi connectivity index (χ1v) is 10.9. The zero-order chi connectivity index (χ0) is 21.8. The number of carbonyl (C=O) groups is 1. The molecule has 1 aromatic carbocycles. The minimum atomic E-state index is -0.330. The summed E-state index contributed by atoms with van der Waals surface area (Å²) in [6.07, 6.45) is 4.37. The quantitative estimate of drug-likeness (QED) is 0.507. The van der Waals surface area contributed by atoms with Crippen molar-refractivity contribution < 1.29 is 9.53 Å². The van der Waals surface area contributed by atoms with E-state index in [-0.39, 0.29) is 30.5 Å². The molecule has 0 spiro atoms. The summed E-state index contributed by atoms with van der Waals surface area (Å²) in [4.78, 5) is 35.2. The average Bonchev–Trinajstić information content (AvgIpc) is 3.45. The van der Waals surface area contributed by atoms with Gasteiger partial charge in [0.15, 0.2) is 0 Å². The van der Waals surface area contributed by atoms with Crippen LogP contribution in [0, 0.1) is 6.92 Å². The van der Waals surface area contributed by atoms with E-state index in [1.54, 1.807) is 17.2 Å². The third-order valence-corrected chi connectivity index (χ3v) is 6.45. The van der Waals surface area contributed by atoms with E-state index < -0.39 is 0 Å². The lowest BCUT2D eigenvalue weighted by Gasteiger charge is -2.21. The standard InChI is InChI=1S/C23H22N6O3.CH4/c1-13-10-18-17(11-16(13)23(31)28-8-6-14-4-2-7-24-19(14)28)25-22(30)21-27-26-20(29(18)21)15-5-3-9-32-12-15;/h2,4,7,10-11,15H,3,5-6,8-9,12H2,1H3,(H,25,30);1H4. The van der Waals surface area contributed by atoms with Crippen LogP contribution in [0.4, 0.5) is 5.82 Å². The number of benzene rings is 1. The smallest absolute Gasteiger partial charge is 0.294 e. The first kappa shape index (κ1) is 21.3. The van der Waals surface area contributed by atoms with Crippen LogP contribution in [0.5, 0.6) is 0 Å². The number of nitrogens with one attached hydrogen (secondary N) is 1. The summed E-state index contributed by atoms with van der Waals surface area (Å²) in [5.74, 6) is 1.40. The molecule has 4 aromatic rings. The van der Waals surface area contributed by atoms with E-state index in [0.29, 0.717) is 30.0 Å². The topological polar surface area (TPSA) is 105 Å². The van der Waals surface area contributed by atoms with Gasteiger partial charge >= 0.3 is 0 Å². The Balaban J connectivity index is 0.00000228. The molecule has 9 nitrogen and oxygen atoms in total. The Labute approximate surface area is 190 Å². The normalized spacial score (nSPS) is 17.8. The summed E-state index contributed by atoms with van der Waals surface area (Å²) in [6, 6.07) is 7.57. The molecule has 1 saturated heterocycles. The van der Waals surface area contributed by atoms with Crippen LogP contribution in [0.3, 0.4) is 0 Å². The van der Waals surface area contributed by atoms with Crippen molar-refractivity contribution in [2.24, 2.45) is 0 Å². The lowest BCUT2D eigenvalue weighted by Crippen LogP contribution is -2.30. The molecule has 33 heavy (non-hydrogen) atoms. The predicted molar refractivity (Wildman–Crippen MR) is 125 cm³/mol. The molecular weight excluding hydrogens is 420 g/mol. The molecule has 1 unspecified atom stereocenters. The number of fused-ring (bicyclic) bond motifs is 4. The van der Waals surface area contributed by atoms with Crippen molar-refractivity contribution in [1.29, 1.82) is 0 Å². The van der Waals surface area contributed by atoms with E-state index in [9.17, 15) is 9.59 Å². The van der Waals surface area contributed by atoms with Gasteiger partial charge < -0.3 is 9.72 Å². The first-order chi connectivity index (χ1) is 15.6. The molecule has 3 aromatic heterocycles. The fraction of sp³-hybridized carbons (Fsp3) is 0.375. The van der Waals surface area contributed by atoms with Gasteiger partial charge in [-0.15, -0.1) is 10.2 Å². The van der Waals surface area contributed by atoms with Gasteiger partial charge in [-0.05, 0) is 55.5 Å². The number of H-pyrrole nitrogens is 1. The molecule has 1 fully saturated rings. The summed E-state index contributed by atoms with van der Waals surface area (Å²) in [6.45, 7) is 3.81. The highest BCUT2D eigenvalue weighted by molar-refractivity contribution is 6.09. The molecule has 0 aliphatic carbocycles. The maximum Gasteiger partial charge on any atom is 0.294 e. The molecule has 0 bridgehead atoms. The first-order valence-electron chi connectivity index (χ1n) is 10.9. The minimum Gasteiger partial charge on any atom is -0.381 e. The van der Waals surface area contributed by atoms with Crippen molar-refractivity contribution in [2.45, 2.75) is 39.5 Å². The lowest BCUT2D eigenvalue weighted by molar-refractivity contribution is 0.0778. The molecule has 0 saturated carbocycles. The fourth-order valence-electron chi connectivity index (χ4n) is 4.83. The van der Waals surface area contributed by atoms with Gasteiger partial charge in [-0.2, -0.15) is 0 Å². The fourth-order valence-corrected chi connectivity index (χ4v) is 4.83. The monoisotopic (exact) mass is 446 g/mol. The Morgan fingerprint density at radius 2 is 2.15 bits per heavy atom. The number of aromatic amines is 1. The predicted octanol–water partition coefficient (Wildman–Crippen LogP) is 3.01. The summed E-state index contributed by atoms with van der Waals surface area (Å²) in [5.41, 5.74) is 3.71. The van der Waals surface area contributed by atoms with Crippen LogP contribution in [0.2, 0.25) is 0 Å². The van der Waals surface area contributed by atoms with E-state index in [1.807, 2.05) is 29.5 Å². The number of rotatable bonds is 2. The van der Waals surface area contributed by atoms with Crippen LogP contribution >= 0.6 is 0 Å². The SMILES string of the molecule is C.Cc1cc2c(cc1C(=O)N1CCc3cccnc31)[nH]c(=O)c1nnc(C3CCCOC3)n12. The largest absolute Gasteiger partial charge is 0.381 e. The Morgan fingerprint density at radius 3 is 2.97 bits per heavy atom. The molecule has 170 valence electrons. The summed E-state index contributed by atoms with van der Waals surface area (Å²) in [5, 5.41) is 8.48. The van der Waals surface area contributed by atoms with Crippen LogP contribution in [0.1, 0.15) is 53.5 Å². The maximum absolute atomic E-state index is 13.4. The maximum atomic E-state index is 13.4. The Bertz CT molecular complexity index is 1430. The van der Waals surface area contributed by atoms with Crippen molar-refractivity contribution in [3.63, 3.8) is 0 Å². The van der Waals surface area contributed by atoms with Crippen molar-refractivity contribution in [2.75, 3.05) is 24.7 Å². The molecule has 5 heterocycles. The third-order valence-electron chi connectivity index (χ3n) is 6.45. The number of anilines is 1. The Kier molecular flexibility index (Phi) is 5.20. The molecule has 6 rings (SSSR count). The second-order valence-corrected chi connectivity index (χ2v) is 8.46. The Morgan fingerprint density at radius 1 is 1.27 bits per heavy atom. The molecule has 1 N–H and O–H groups in total. The van der Waals surface area contributed by atoms with E-state index in [1.165, 1.54) is 0 Å². The molecular formula is C24H26N6O3. The van der Waals surface area contributed by atoms with Crippen molar-refractivity contribution in [3.05, 3.63) is 63.3 Å². The minimum absolute atomic E-state index is 0. The van der Waals surface area contributed by atoms with Crippen LogP contribution in [0.15, 0.2) is 35.3 Å². The highest BCUT2D eigenvalue weighted by Gasteiger charge is 2.29. The number of aromatic nitrogens is 5. The van der Waals surface area contributed by atoms with Crippen molar-refractivity contribution >= 4 is 28.4 Å². The lowest BCUT2D eigenvalue weighted by atomic mass is 10.0. The molecule has 1 amide bonds. The van der Waals surface area contributed by atoms with Gasteiger partial charge in [0.05, 0.1) is 17.6 Å². The number of aryl methyl sites for hydroxylation is 1. The van der Waals surface area contributed by atoms with Crippen molar-refractivity contribution in [1.82, 2.24) is 24.6 Å². The Hall–Kier alpha value is -3.59. The number of pyridine rings is 1. The second-order valence-electron chi connectivity index (χ2n) is 8.46. The van der Waals surface area contributed by atoms with Crippen LogP contribution in [-0.2, 0) is 11.2 Å². The van der Waals surface area contributed by atoms with Gasteiger partial charge in [0.2, 0.25) is 5.65 Å². The molecule has 1 atom stereocenters.